The van der Waals surface area contributed by atoms with Gasteiger partial charge in [0.1, 0.15) is 0 Å². The maximum Gasteiger partial charge on any atom is 0.170 e. The lowest BCUT2D eigenvalue weighted by Gasteiger charge is -2.18. The summed E-state index contributed by atoms with van der Waals surface area (Å²) in [6, 6.07) is 7.79. The predicted molar refractivity (Wildman–Crippen MR) is 64.0 cm³/mol. The topological polar surface area (TPSA) is 29.1 Å². The van der Waals surface area contributed by atoms with Crippen LogP contribution in [0.15, 0.2) is 36.0 Å². The van der Waals surface area contributed by atoms with Gasteiger partial charge in [-0.2, -0.15) is 0 Å². The summed E-state index contributed by atoms with van der Waals surface area (Å²) < 4.78 is 0. The number of carbonyl (C=O) groups excluding carboxylic acids is 1. The summed E-state index contributed by atoms with van der Waals surface area (Å²) in [5, 5.41) is 2.86. The van der Waals surface area contributed by atoms with Gasteiger partial charge >= 0.3 is 0 Å². The van der Waals surface area contributed by atoms with Gasteiger partial charge in [0.2, 0.25) is 0 Å². The third-order valence-electron chi connectivity index (χ3n) is 2.45. The molecule has 15 heavy (non-hydrogen) atoms. The number of nitrogens with one attached hydrogen (secondary N) is 1. The fourth-order valence-electron chi connectivity index (χ4n) is 1.73. The minimum Gasteiger partial charge on any atom is -0.393 e. The second-order valence-electron chi connectivity index (χ2n) is 3.43. The van der Waals surface area contributed by atoms with Gasteiger partial charge in [-0.1, -0.05) is 36.5 Å². The fraction of sp³-hybridized carbons (Fsp3) is 0.167. The Morgan fingerprint density at radius 1 is 1.40 bits per heavy atom. The number of Topliss-reactive ketones (excluding diaryl/α,β-unsaturated/α-hetero) is 1. The van der Waals surface area contributed by atoms with Gasteiger partial charge in [-0.05, 0) is 11.1 Å². The Bertz CT molecular complexity index is 462. The average Bonchev–Trinajstić information content (AvgIpc) is 2.24. The van der Waals surface area contributed by atoms with Crippen molar-refractivity contribution in [1.29, 1.82) is 0 Å². The predicted octanol–water partition coefficient (Wildman–Crippen LogP) is 1.63. The van der Waals surface area contributed by atoms with E-state index in [1.165, 1.54) is 0 Å². The highest BCUT2D eigenvalue weighted by atomic mass is 32.1. The highest BCUT2D eigenvalue weighted by Gasteiger charge is 2.24. The van der Waals surface area contributed by atoms with Crippen molar-refractivity contribution in [3.63, 3.8) is 0 Å². The first-order chi connectivity index (χ1) is 7.24. The Morgan fingerprint density at radius 2 is 2.13 bits per heavy atom. The molecule has 1 aliphatic rings. The Hall–Kier alpha value is -1.48. The van der Waals surface area contributed by atoms with Crippen LogP contribution in [0.1, 0.15) is 11.1 Å². The zero-order valence-electron chi connectivity index (χ0n) is 8.41. The van der Waals surface area contributed by atoms with E-state index >= 15 is 0 Å². The largest absolute Gasteiger partial charge is 0.393 e. The molecular formula is C12H11NOS. The lowest BCUT2D eigenvalue weighted by Crippen LogP contribution is -2.23. The summed E-state index contributed by atoms with van der Waals surface area (Å²) in [7, 11) is 1.77. The van der Waals surface area contributed by atoms with Gasteiger partial charge in [0.15, 0.2) is 5.78 Å². The van der Waals surface area contributed by atoms with Crippen molar-refractivity contribution in [3.05, 3.63) is 47.2 Å². The van der Waals surface area contributed by atoms with Crippen molar-refractivity contribution < 1.29 is 4.79 Å². The van der Waals surface area contributed by atoms with Gasteiger partial charge in [-0.15, -0.1) is 0 Å². The number of benzene rings is 1. The Balaban J connectivity index is 2.52. The van der Waals surface area contributed by atoms with Crippen LogP contribution in [0.4, 0.5) is 0 Å². The molecule has 0 aliphatic heterocycles. The van der Waals surface area contributed by atoms with Crippen LogP contribution in [-0.4, -0.2) is 17.7 Å². The molecule has 2 rings (SSSR count). The van der Waals surface area contributed by atoms with Crippen LogP contribution in [-0.2, 0) is 11.2 Å². The molecule has 0 saturated carbocycles. The second kappa shape index (κ2) is 3.95. The zero-order valence-corrected chi connectivity index (χ0v) is 9.23. The van der Waals surface area contributed by atoms with E-state index in [2.05, 4.69) is 5.32 Å². The summed E-state index contributed by atoms with van der Waals surface area (Å²) in [6.07, 6.45) is 2.13. The van der Waals surface area contributed by atoms with Gasteiger partial charge in [-0.3, -0.25) is 4.79 Å². The number of rotatable bonds is 1. The number of ketones is 1. The molecule has 0 amide bonds. The van der Waals surface area contributed by atoms with E-state index in [-0.39, 0.29) is 5.78 Å². The van der Waals surface area contributed by atoms with Crippen LogP contribution in [0, 0.1) is 0 Å². The van der Waals surface area contributed by atoms with Gasteiger partial charge in [-0.25, -0.2) is 0 Å². The van der Waals surface area contributed by atoms with Gasteiger partial charge in [0.25, 0.3) is 0 Å². The molecule has 0 unspecified atom stereocenters. The van der Waals surface area contributed by atoms with Crippen molar-refractivity contribution in [3.8, 4) is 0 Å². The van der Waals surface area contributed by atoms with Crippen LogP contribution in [0.5, 0.6) is 0 Å². The number of allylic oxidation sites excluding steroid dienone is 1. The molecule has 3 heteroatoms. The van der Waals surface area contributed by atoms with E-state index < -0.39 is 0 Å². The highest BCUT2D eigenvalue weighted by molar-refractivity contribution is 7.81. The molecule has 0 aromatic heterocycles. The quantitative estimate of drug-likeness (QED) is 0.572. The summed E-state index contributed by atoms with van der Waals surface area (Å²) in [5.41, 5.74) is 2.65. The number of carbonyl (C=O) groups is 1. The number of fused-ring (bicyclic) bond motifs is 1. The molecule has 0 radical (unpaired) electrons. The van der Waals surface area contributed by atoms with Crippen molar-refractivity contribution in [2.24, 2.45) is 0 Å². The molecule has 0 atom stereocenters. The SMILES string of the molecule is CN/C=C1\C(=O)Cc2ccccc2C1=S. The van der Waals surface area contributed by atoms with Crippen molar-refractivity contribution in [2.75, 3.05) is 7.05 Å². The first kappa shape index (κ1) is 10.1. The lowest BCUT2D eigenvalue weighted by molar-refractivity contribution is -0.114. The summed E-state index contributed by atoms with van der Waals surface area (Å²) >= 11 is 5.30. The highest BCUT2D eigenvalue weighted by Crippen LogP contribution is 2.22. The van der Waals surface area contributed by atoms with E-state index in [4.69, 9.17) is 12.2 Å². The molecule has 1 aliphatic carbocycles. The maximum atomic E-state index is 11.8. The third-order valence-corrected chi connectivity index (χ3v) is 2.89. The molecule has 76 valence electrons. The minimum atomic E-state index is 0.0908. The van der Waals surface area contributed by atoms with Gasteiger partial charge in [0.05, 0.1) is 10.4 Å². The van der Waals surface area contributed by atoms with Gasteiger partial charge < -0.3 is 5.32 Å². The van der Waals surface area contributed by atoms with Crippen LogP contribution in [0.25, 0.3) is 0 Å². The molecule has 2 nitrogen and oxygen atoms in total. The molecule has 1 aromatic carbocycles. The molecule has 0 fully saturated rings. The molecule has 1 aromatic rings. The first-order valence-corrected chi connectivity index (χ1v) is 5.18. The first-order valence-electron chi connectivity index (χ1n) is 4.77. The third kappa shape index (κ3) is 1.70. The van der Waals surface area contributed by atoms with Crippen LogP contribution in [0.2, 0.25) is 0 Å². The normalized spacial score (nSPS) is 17.8. The molecule has 1 N–H and O–H groups in total. The fourth-order valence-corrected chi connectivity index (χ4v) is 2.10. The second-order valence-corrected chi connectivity index (χ2v) is 3.84. The average molecular weight is 217 g/mol. The molecule has 0 saturated heterocycles. The summed E-state index contributed by atoms with van der Waals surface area (Å²) in [4.78, 5) is 12.4. The zero-order chi connectivity index (χ0) is 10.8. The van der Waals surface area contributed by atoms with Crippen LogP contribution >= 0.6 is 12.2 Å². The van der Waals surface area contributed by atoms with Crippen molar-refractivity contribution >= 4 is 22.9 Å². The number of thiocarbonyl (C=S) groups is 1. The number of hydrogen-bond donors (Lipinski definition) is 1. The van der Waals surface area contributed by atoms with Crippen molar-refractivity contribution in [1.82, 2.24) is 5.32 Å². The maximum absolute atomic E-state index is 11.8. The standard InChI is InChI=1S/C12H11NOS/c1-13-7-10-11(14)6-8-4-2-3-5-9(8)12(10)15/h2-5,7,13H,6H2,1H3/b10-7+. The molecular weight excluding hydrogens is 206 g/mol. The van der Waals surface area contributed by atoms with E-state index in [0.717, 1.165) is 11.1 Å². The van der Waals surface area contributed by atoms with E-state index in [9.17, 15) is 4.79 Å². The van der Waals surface area contributed by atoms with Gasteiger partial charge in [0, 0.05) is 19.7 Å². The summed E-state index contributed by atoms with van der Waals surface area (Å²) in [6.45, 7) is 0. The van der Waals surface area contributed by atoms with Crippen LogP contribution < -0.4 is 5.32 Å². The Morgan fingerprint density at radius 3 is 2.87 bits per heavy atom. The molecule has 0 heterocycles. The Kier molecular flexibility index (Phi) is 2.64. The van der Waals surface area contributed by atoms with Crippen molar-refractivity contribution in [2.45, 2.75) is 6.42 Å². The monoisotopic (exact) mass is 217 g/mol. The van der Waals surface area contributed by atoms with E-state index in [1.807, 2.05) is 24.3 Å². The Labute approximate surface area is 94.0 Å². The lowest BCUT2D eigenvalue weighted by atomic mass is 9.87. The summed E-state index contributed by atoms with van der Waals surface area (Å²) in [5.74, 6) is 0.0908. The van der Waals surface area contributed by atoms with E-state index in [1.54, 1.807) is 13.2 Å². The van der Waals surface area contributed by atoms with E-state index in [0.29, 0.717) is 16.9 Å². The number of hydrogen-bond acceptors (Lipinski definition) is 3. The molecule has 0 spiro atoms. The smallest absolute Gasteiger partial charge is 0.170 e. The minimum absolute atomic E-state index is 0.0908. The molecule has 0 bridgehead atoms. The van der Waals surface area contributed by atoms with Crippen LogP contribution in [0.3, 0.4) is 0 Å².